The van der Waals surface area contributed by atoms with E-state index in [9.17, 15) is 0 Å². The number of hydrogen-bond donors (Lipinski definition) is 1. The fourth-order valence-electron chi connectivity index (χ4n) is 1.92. The van der Waals surface area contributed by atoms with Gasteiger partial charge in [-0.15, -0.1) is 11.3 Å². The van der Waals surface area contributed by atoms with Gasteiger partial charge in [0.05, 0.1) is 18.8 Å². The van der Waals surface area contributed by atoms with E-state index < -0.39 is 0 Å². The predicted molar refractivity (Wildman–Crippen MR) is 93.0 cm³/mol. The third kappa shape index (κ3) is 4.28. The number of benzene rings is 1. The Labute approximate surface area is 138 Å². The normalized spacial score (nSPS) is 11.7. The molecule has 0 aliphatic rings. The number of aromatic nitrogens is 1. The smallest absolute Gasteiger partial charge is 0.112 e. The van der Waals surface area contributed by atoms with Crippen LogP contribution < -0.4 is 5.32 Å². The number of nitrogens with one attached hydrogen (secondary N) is 1. The average molecular weight is 369 g/mol. The molecular formula is C16H21BrN2OS. The summed E-state index contributed by atoms with van der Waals surface area (Å²) < 4.78 is 6.33. The molecule has 0 radical (unpaired) electrons. The first-order valence-corrected chi connectivity index (χ1v) is 8.54. The summed E-state index contributed by atoms with van der Waals surface area (Å²) in [6.45, 7) is 7.86. The Morgan fingerprint density at radius 1 is 1.33 bits per heavy atom. The van der Waals surface area contributed by atoms with Crippen molar-refractivity contribution in [2.75, 3.05) is 12.4 Å². The zero-order valence-electron chi connectivity index (χ0n) is 12.9. The molecule has 0 amide bonds. The molecule has 2 rings (SSSR count). The van der Waals surface area contributed by atoms with Crippen LogP contribution in [0.15, 0.2) is 28.1 Å². The van der Waals surface area contributed by atoms with Crippen molar-refractivity contribution in [2.45, 2.75) is 39.3 Å². The van der Waals surface area contributed by atoms with E-state index in [1.165, 1.54) is 0 Å². The molecule has 5 heteroatoms. The van der Waals surface area contributed by atoms with Gasteiger partial charge in [-0.25, -0.2) is 4.98 Å². The number of rotatable bonds is 5. The highest BCUT2D eigenvalue weighted by atomic mass is 79.9. The molecule has 0 unspecified atom stereocenters. The molecule has 1 aromatic carbocycles. The lowest BCUT2D eigenvalue weighted by atomic mass is 9.93. The number of methoxy groups -OCH3 is 1. The fourth-order valence-corrected chi connectivity index (χ4v) is 3.36. The van der Waals surface area contributed by atoms with Gasteiger partial charge in [0.25, 0.3) is 0 Å². The Morgan fingerprint density at radius 2 is 2.10 bits per heavy atom. The molecule has 0 fully saturated rings. The van der Waals surface area contributed by atoms with Gasteiger partial charge >= 0.3 is 0 Å². The van der Waals surface area contributed by atoms with E-state index in [4.69, 9.17) is 9.72 Å². The molecule has 114 valence electrons. The van der Waals surface area contributed by atoms with E-state index >= 15 is 0 Å². The predicted octanol–water partition coefficient (Wildman–Crippen LogP) is 4.96. The van der Waals surface area contributed by atoms with Crippen LogP contribution >= 0.6 is 27.3 Å². The van der Waals surface area contributed by atoms with Gasteiger partial charge < -0.3 is 10.1 Å². The second-order valence-corrected chi connectivity index (χ2v) is 7.73. The molecule has 1 N–H and O–H groups in total. The van der Waals surface area contributed by atoms with E-state index in [1.54, 1.807) is 18.4 Å². The summed E-state index contributed by atoms with van der Waals surface area (Å²) in [7, 11) is 1.71. The monoisotopic (exact) mass is 368 g/mol. The van der Waals surface area contributed by atoms with Gasteiger partial charge in [-0.05, 0) is 12.1 Å². The van der Waals surface area contributed by atoms with Crippen LogP contribution in [0.3, 0.4) is 0 Å². The lowest BCUT2D eigenvalue weighted by Crippen LogP contribution is -2.12. The molecule has 0 aliphatic heterocycles. The van der Waals surface area contributed by atoms with Gasteiger partial charge in [-0.1, -0.05) is 42.8 Å². The first kappa shape index (κ1) is 16.5. The molecule has 0 atom stereocenters. The molecule has 1 aromatic heterocycles. The maximum absolute atomic E-state index is 5.27. The number of hydrogen-bond acceptors (Lipinski definition) is 4. The molecule has 2 aromatic rings. The van der Waals surface area contributed by atoms with E-state index in [0.29, 0.717) is 6.61 Å². The van der Waals surface area contributed by atoms with Crippen molar-refractivity contribution in [3.63, 3.8) is 0 Å². The van der Waals surface area contributed by atoms with E-state index in [-0.39, 0.29) is 5.41 Å². The number of thiazole rings is 1. The minimum atomic E-state index is 0.103. The quantitative estimate of drug-likeness (QED) is 0.809. The first-order valence-electron chi connectivity index (χ1n) is 6.87. The third-order valence-electron chi connectivity index (χ3n) is 3.16. The summed E-state index contributed by atoms with van der Waals surface area (Å²) >= 11 is 5.27. The van der Waals surface area contributed by atoms with Crippen LogP contribution in [0.1, 0.15) is 37.0 Å². The lowest BCUT2D eigenvalue weighted by molar-refractivity contribution is 0.185. The van der Waals surface area contributed by atoms with Crippen molar-refractivity contribution in [2.24, 2.45) is 0 Å². The molecule has 0 saturated carbocycles. The summed E-state index contributed by atoms with van der Waals surface area (Å²) in [6, 6.07) is 6.12. The number of halogens is 1. The molecule has 0 bridgehead atoms. The standard InChI is InChI=1S/C16H21BrN2OS/c1-16(2,3)14-10-21-15(19-14)8-18-13-7-5-6-12(17)11(13)9-20-4/h5-7,10,18H,8-9H2,1-4H3. The number of ether oxygens (including phenoxy) is 1. The van der Waals surface area contributed by atoms with Crippen molar-refractivity contribution >= 4 is 33.0 Å². The van der Waals surface area contributed by atoms with Gasteiger partial charge in [0.1, 0.15) is 5.01 Å². The number of anilines is 1. The van der Waals surface area contributed by atoms with Crippen LogP contribution in [0, 0.1) is 0 Å². The summed E-state index contributed by atoms with van der Waals surface area (Å²) in [4.78, 5) is 4.71. The van der Waals surface area contributed by atoms with Crippen molar-refractivity contribution in [3.8, 4) is 0 Å². The second-order valence-electron chi connectivity index (χ2n) is 5.93. The Hall–Kier alpha value is -0.910. The zero-order chi connectivity index (χ0) is 15.5. The minimum absolute atomic E-state index is 0.103. The molecule has 0 spiro atoms. The molecule has 0 saturated heterocycles. The van der Waals surface area contributed by atoms with Gasteiger partial charge in [0.2, 0.25) is 0 Å². The minimum Gasteiger partial charge on any atom is -0.380 e. The Bertz CT molecular complexity index is 605. The van der Waals surface area contributed by atoms with Gasteiger partial charge in [-0.2, -0.15) is 0 Å². The van der Waals surface area contributed by atoms with Crippen LogP contribution in [0.4, 0.5) is 5.69 Å². The van der Waals surface area contributed by atoms with Crippen LogP contribution in [0.25, 0.3) is 0 Å². The van der Waals surface area contributed by atoms with E-state index in [1.807, 2.05) is 12.1 Å². The van der Waals surface area contributed by atoms with E-state index in [2.05, 4.69) is 53.5 Å². The summed E-state index contributed by atoms with van der Waals surface area (Å²) in [6.07, 6.45) is 0. The molecule has 1 heterocycles. The highest BCUT2D eigenvalue weighted by Crippen LogP contribution is 2.27. The number of nitrogens with zero attached hydrogens (tertiary/aromatic N) is 1. The summed E-state index contributed by atoms with van der Waals surface area (Å²) in [5, 5.41) is 6.70. The molecular weight excluding hydrogens is 348 g/mol. The van der Waals surface area contributed by atoms with Gasteiger partial charge in [0, 0.05) is 33.6 Å². The molecule has 3 nitrogen and oxygen atoms in total. The SMILES string of the molecule is COCc1c(Br)cccc1NCc1nc(C(C)(C)C)cs1. The zero-order valence-corrected chi connectivity index (χ0v) is 15.3. The van der Waals surface area contributed by atoms with Crippen molar-refractivity contribution in [3.05, 3.63) is 44.3 Å². The van der Waals surface area contributed by atoms with E-state index in [0.717, 1.165) is 33.0 Å². The second kappa shape index (κ2) is 6.90. The van der Waals surface area contributed by atoms with Gasteiger partial charge in [-0.3, -0.25) is 0 Å². The highest BCUT2D eigenvalue weighted by molar-refractivity contribution is 9.10. The first-order chi connectivity index (χ1) is 9.91. The largest absolute Gasteiger partial charge is 0.380 e. The lowest BCUT2D eigenvalue weighted by Gasteiger charge is -2.14. The molecule has 21 heavy (non-hydrogen) atoms. The van der Waals surface area contributed by atoms with Crippen molar-refractivity contribution in [1.29, 1.82) is 0 Å². The summed E-state index contributed by atoms with van der Waals surface area (Å²) in [5.41, 5.74) is 3.47. The van der Waals surface area contributed by atoms with Crippen molar-refractivity contribution < 1.29 is 4.74 Å². The molecule has 0 aliphatic carbocycles. The fraction of sp³-hybridized carbons (Fsp3) is 0.438. The maximum Gasteiger partial charge on any atom is 0.112 e. The third-order valence-corrected chi connectivity index (χ3v) is 4.75. The van der Waals surface area contributed by atoms with Crippen LogP contribution in [0.2, 0.25) is 0 Å². The summed E-state index contributed by atoms with van der Waals surface area (Å²) in [5.74, 6) is 0. The average Bonchev–Trinajstić information content (AvgIpc) is 2.88. The highest BCUT2D eigenvalue weighted by Gasteiger charge is 2.17. The van der Waals surface area contributed by atoms with Gasteiger partial charge in [0.15, 0.2) is 0 Å². The van der Waals surface area contributed by atoms with Crippen LogP contribution in [-0.2, 0) is 23.3 Å². The Balaban J connectivity index is 2.10. The van der Waals surface area contributed by atoms with Crippen LogP contribution in [-0.4, -0.2) is 12.1 Å². The Morgan fingerprint density at radius 3 is 2.71 bits per heavy atom. The maximum atomic E-state index is 5.27. The topological polar surface area (TPSA) is 34.1 Å². The van der Waals surface area contributed by atoms with Crippen molar-refractivity contribution in [1.82, 2.24) is 4.98 Å². The Kier molecular flexibility index (Phi) is 5.41. The van der Waals surface area contributed by atoms with Crippen LogP contribution in [0.5, 0.6) is 0 Å².